The molecule has 3 aliphatic carbocycles. The number of aromatic nitrogens is 3. The second-order valence-electron chi connectivity index (χ2n) is 7.83. The van der Waals surface area contributed by atoms with Crippen LogP contribution in [0.1, 0.15) is 25.7 Å². The summed E-state index contributed by atoms with van der Waals surface area (Å²) in [5.74, 6) is 0.897. The third-order valence-corrected chi connectivity index (χ3v) is 6.59. The molecule has 1 aliphatic heterocycles. The topological polar surface area (TPSA) is 106 Å². The fourth-order valence-electron chi connectivity index (χ4n) is 4.63. The first-order valence-electron chi connectivity index (χ1n) is 9.93. The van der Waals surface area contributed by atoms with Crippen LogP contribution in [0.4, 0.5) is 5.82 Å². The Labute approximate surface area is 191 Å². The van der Waals surface area contributed by atoms with Crippen molar-refractivity contribution in [1.82, 2.24) is 20.2 Å². The van der Waals surface area contributed by atoms with E-state index in [2.05, 4.69) is 27.0 Å². The number of hydrazone groups is 1. The zero-order valence-electron chi connectivity index (χ0n) is 16.6. The molecule has 9 nitrogen and oxygen atoms in total. The maximum Gasteiger partial charge on any atom is 0.365 e. The van der Waals surface area contributed by atoms with Crippen molar-refractivity contribution in [2.24, 2.45) is 16.9 Å². The van der Waals surface area contributed by atoms with Crippen molar-refractivity contribution in [2.75, 3.05) is 0 Å². The van der Waals surface area contributed by atoms with E-state index in [0.29, 0.717) is 17.7 Å². The normalized spacial score (nSPS) is 21.5. The van der Waals surface area contributed by atoms with Crippen LogP contribution in [0.15, 0.2) is 50.2 Å². The van der Waals surface area contributed by atoms with Gasteiger partial charge < -0.3 is 9.58 Å². The zero-order valence-corrected chi connectivity index (χ0v) is 18.1. The smallest absolute Gasteiger partial charge is 0.365 e. The lowest BCUT2D eigenvalue weighted by Crippen LogP contribution is -2.38. The van der Waals surface area contributed by atoms with E-state index in [1.807, 2.05) is 4.98 Å². The summed E-state index contributed by atoms with van der Waals surface area (Å²) in [5, 5.41) is 8.36. The first-order valence-corrected chi connectivity index (χ1v) is 10.7. The van der Waals surface area contributed by atoms with E-state index in [-0.39, 0.29) is 21.5 Å². The molecule has 0 radical (unpaired) electrons. The Morgan fingerprint density at radius 1 is 1.12 bits per heavy atom. The van der Waals surface area contributed by atoms with Gasteiger partial charge in [-0.3, -0.25) is 15.2 Å². The van der Waals surface area contributed by atoms with Gasteiger partial charge in [-0.15, -0.1) is 9.78 Å². The Balaban J connectivity index is 1.53. The van der Waals surface area contributed by atoms with Gasteiger partial charge in [0.25, 0.3) is 5.56 Å². The molecular weight excluding hydrogens is 455 g/mol. The number of hydrogen-bond acceptors (Lipinski definition) is 6. The molecule has 4 aliphatic rings. The van der Waals surface area contributed by atoms with Gasteiger partial charge in [-0.1, -0.05) is 36.4 Å². The first kappa shape index (κ1) is 20.5. The Kier molecular flexibility index (Phi) is 4.92. The number of ether oxygens (including phenoxy) is 1. The second kappa shape index (κ2) is 7.65. The van der Waals surface area contributed by atoms with Gasteiger partial charge in [0, 0.05) is 5.57 Å². The van der Waals surface area contributed by atoms with E-state index >= 15 is 0 Å². The number of rotatable bonds is 2. The summed E-state index contributed by atoms with van der Waals surface area (Å²) in [6.45, 7) is 11.1. The summed E-state index contributed by atoms with van der Waals surface area (Å²) in [4.78, 5) is 28.8. The Bertz CT molecular complexity index is 1370. The molecule has 11 heteroatoms. The molecule has 1 saturated carbocycles. The SMILES string of the molecule is [C-]#[N+]c1nn(-c2cc(Cl)c(OC3=NNC(=C)C4=C3C3CCC4CC3)c(Cl)c2)c(=O)[nH]c1=O. The Morgan fingerprint density at radius 3 is 2.38 bits per heavy atom. The molecule has 6 rings (SSSR count). The fourth-order valence-corrected chi connectivity index (χ4v) is 5.18. The molecular formula is C21H16Cl2N6O3. The number of allylic oxidation sites excluding steroid dienone is 1. The second-order valence-corrected chi connectivity index (χ2v) is 8.64. The minimum absolute atomic E-state index is 0.118. The van der Waals surface area contributed by atoms with Crippen LogP contribution in [-0.2, 0) is 0 Å². The van der Waals surface area contributed by atoms with Gasteiger partial charge in [0.05, 0.1) is 21.4 Å². The predicted molar refractivity (Wildman–Crippen MR) is 120 cm³/mol. The Morgan fingerprint density at radius 2 is 1.75 bits per heavy atom. The molecule has 0 atom stereocenters. The highest BCUT2D eigenvalue weighted by Gasteiger charge is 2.41. The van der Waals surface area contributed by atoms with Crippen molar-refractivity contribution in [3.05, 3.63) is 77.9 Å². The summed E-state index contributed by atoms with van der Waals surface area (Å²) in [6, 6.07) is 2.84. The minimum atomic E-state index is -0.867. The van der Waals surface area contributed by atoms with E-state index < -0.39 is 17.1 Å². The van der Waals surface area contributed by atoms with Gasteiger partial charge in [0.2, 0.25) is 5.90 Å². The third kappa shape index (κ3) is 3.23. The number of nitrogens with one attached hydrogen (secondary N) is 2. The highest BCUT2D eigenvalue weighted by Crippen LogP contribution is 2.49. The molecule has 0 unspecified atom stereocenters. The Hall–Kier alpha value is -3.35. The molecule has 32 heavy (non-hydrogen) atoms. The number of H-pyrrole nitrogens is 1. The monoisotopic (exact) mass is 470 g/mol. The fraction of sp³-hybridized carbons (Fsp3) is 0.286. The lowest BCUT2D eigenvalue weighted by molar-refractivity contribution is 0.296. The van der Waals surface area contributed by atoms with Crippen molar-refractivity contribution >= 4 is 34.9 Å². The number of nitrogens with zero attached hydrogens (tertiary/aromatic N) is 4. The van der Waals surface area contributed by atoms with Crippen molar-refractivity contribution < 1.29 is 4.74 Å². The predicted octanol–water partition coefficient (Wildman–Crippen LogP) is 3.70. The standard InChI is InChI=1S/C21H16Cl2N6O3/c1-9-15-10-3-5-11(6-4-10)16(15)20(27-26-9)32-17-13(22)7-12(8-14(17)23)29-21(31)25-19(30)18(24-2)28-29/h7-8,10-11,26H,1,3-6H2,(H,25,30,31). The highest BCUT2D eigenvalue weighted by atomic mass is 35.5. The molecule has 2 heterocycles. The van der Waals surface area contributed by atoms with E-state index in [4.69, 9.17) is 34.5 Å². The van der Waals surface area contributed by atoms with Gasteiger partial charge >= 0.3 is 11.5 Å². The lowest BCUT2D eigenvalue weighted by Gasteiger charge is -2.42. The maximum atomic E-state index is 12.2. The summed E-state index contributed by atoms with van der Waals surface area (Å²) in [5.41, 5.74) is 4.44. The van der Waals surface area contributed by atoms with Crippen LogP contribution in [-0.4, -0.2) is 20.7 Å². The molecule has 2 aromatic rings. The van der Waals surface area contributed by atoms with Crippen LogP contribution in [0.25, 0.3) is 10.5 Å². The quantitative estimate of drug-likeness (QED) is 0.650. The lowest BCUT2D eigenvalue weighted by atomic mass is 9.66. The van der Waals surface area contributed by atoms with E-state index in [1.165, 1.54) is 12.1 Å². The van der Waals surface area contributed by atoms with Crippen LogP contribution in [0, 0.1) is 18.4 Å². The largest absolute Gasteiger partial charge is 0.434 e. The van der Waals surface area contributed by atoms with Crippen LogP contribution in [0.5, 0.6) is 5.75 Å². The summed E-state index contributed by atoms with van der Waals surface area (Å²) in [6.07, 6.45) is 4.40. The number of hydrogen-bond donors (Lipinski definition) is 2. The molecule has 1 fully saturated rings. The number of benzene rings is 1. The van der Waals surface area contributed by atoms with Gasteiger partial charge in [-0.25, -0.2) is 4.79 Å². The molecule has 1 aromatic heterocycles. The number of fused-ring (bicyclic) bond motifs is 2. The van der Waals surface area contributed by atoms with Gasteiger partial charge in [0.15, 0.2) is 5.75 Å². The maximum absolute atomic E-state index is 12.2. The highest BCUT2D eigenvalue weighted by molar-refractivity contribution is 6.37. The third-order valence-electron chi connectivity index (χ3n) is 6.02. The molecule has 0 amide bonds. The summed E-state index contributed by atoms with van der Waals surface area (Å²) in [7, 11) is 0. The van der Waals surface area contributed by atoms with E-state index in [1.54, 1.807) is 0 Å². The van der Waals surface area contributed by atoms with Gasteiger partial charge in [-0.05, 0) is 60.3 Å². The molecule has 2 bridgehead atoms. The van der Waals surface area contributed by atoms with Crippen LogP contribution < -0.4 is 21.4 Å². The molecule has 162 valence electrons. The average molecular weight is 471 g/mol. The number of halogens is 2. The van der Waals surface area contributed by atoms with Crippen molar-refractivity contribution in [1.29, 1.82) is 0 Å². The van der Waals surface area contributed by atoms with Crippen LogP contribution in [0.3, 0.4) is 0 Å². The molecule has 2 N–H and O–H groups in total. The average Bonchev–Trinajstić information content (AvgIpc) is 2.78. The zero-order chi connectivity index (χ0) is 22.6. The van der Waals surface area contributed by atoms with Crippen molar-refractivity contribution in [2.45, 2.75) is 25.7 Å². The van der Waals surface area contributed by atoms with Crippen molar-refractivity contribution in [3.8, 4) is 11.4 Å². The van der Waals surface area contributed by atoms with Gasteiger partial charge in [0.1, 0.15) is 0 Å². The molecule has 1 aromatic carbocycles. The summed E-state index contributed by atoms with van der Waals surface area (Å²) < 4.78 is 6.93. The molecule has 0 saturated heterocycles. The number of aromatic amines is 1. The van der Waals surface area contributed by atoms with Crippen LogP contribution in [0.2, 0.25) is 10.0 Å². The van der Waals surface area contributed by atoms with Crippen LogP contribution >= 0.6 is 23.2 Å². The van der Waals surface area contributed by atoms with E-state index in [9.17, 15) is 9.59 Å². The summed E-state index contributed by atoms with van der Waals surface area (Å²) >= 11 is 12.9. The minimum Gasteiger partial charge on any atom is -0.434 e. The van der Waals surface area contributed by atoms with E-state index in [0.717, 1.165) is 47.2 Å². The molecule has 0 spiro atoms. The van der Waals surface area contributed by atoms with Crippen molar-refractivity contribution in [3.63, 3.8) is 0 Å². The first-order chi connectivity index (χ1) is 15.4. The van der Waals surface area contributed by atoms with Gasteiger partial charge in [-0.2, -0.15) is 0 Å².